The molecule has 0 radical (unpaired) electrons. The first-order chi connectivity index (χ1) is 13.3. The molecule has 2 aromatic rings. The van der Waals surface area contributed by atoms with Crippen LogP contribution in [-0.2, 0) is 4.79 Å². The molecule has 4 rings (SSSR count). The summed E-state index contributed by atoms with van der Waals surface area (Å²) in [4.78, 5) is 28.9. The van der Waals surface area contributed by atoms with Gasteiger partial charge in [-0.3, -0.25) is 9.59 Å². The second-order valence-electron chi connectivity index (χ2n) is 9.11. The fraction of sp³-hybridized carbons (Fsp3) is 0.417. The molecule has 2 atom stereocenters. The van der Waals surface area contributed by atoms with Gasteiger partial charge in [0.15, 0.2) is 0 Å². The average Bonchev–Trinajstić information content (AvgIpc) is 3.45. The Hall–Kier alpha value is -2.62. The minimum atomic E-state index is -0.421. The Labute approximate surface area is 166 Å². The number of aryl methyl sites for hydroxylation is 1. The van der Waals surface area contributed by atoms with Crippen molar-refractivity contribution in [1.82, 2.24) is 10.2 Å². The topological polar surface area (TPSA) is 49.4 Å². The third-order valence-electron chi connectivity index (χ3n) is 5.48. The number of carbonyl (C=O) groups is 2. The number of rotatable bonds is 3. The minimum absolute atomic E-state index is 0.0235. The van der Waals surface area contributed by atoms with E-state index < -0.39 is 5.92 Å². The number of carbonyl (C=O) groups excluding carboxylic acids is 2. The summed E-state index contributed by atoms with van der Waals surface area (Å²) in [5, 5.41) is 3.16. The SMILES string of the molecule is Cc1cccc(C2C(C(=O)NC(C)(C)C)c3ccccc3C(=O)N2C2CC2)c1. The predicted molar refractivity (Wildman–Crippen MR) is 110 cm³/mol. The van der Waals surface area contributed by atoms with E-state index in [1.165, 1.54) is 0 Å². The summed E-state index contributed by atoms with van der Waals surface area (Å²) >= 11 is 0. The van der Waals surface area contributed by atoms with E-state index in [1.54, 1.807) is 0 Å². The van der Waals surface area contributed by atoms with Gasteiger partial charge in [0.1, 0.15) is 0 Å². The zero-order valence-corrected chi connectivity index (χ0v) is 17.0. The van der Waals surface area contributed by atoms with Crippen molar-refractivity contribution in [3.05, 3.63) is 70.8 Å². The lowest BCUT2D eigenvalue weighted by Gasteiger charge is -2.43. The van der Waals surface area contributed by atoms with Crippen LogP contribution >= 0.6 is 0 Å². The molecule has 0 spiro atoms. The quantitative estimate of drug-likeness (QED) is 0.866. The molecule has 28 heavy (non-hydrogen) atoms. The van der Waals surface area contributed by atoms with E-state index in [4.69, 9.17) is 0 Å². The Bertz CT molecular complexity index is 924. The molecule has 2 amide bonds. The van der Waals surface area contributed by atoms with E-state index in [-0.39, 0.29) is 29.4 Å². The molecule has 0 aromatic heterocycles. The zero-order valence-electron chi connectivity index (χ0n) is 17.0. The highest BCUT2D eigenvalue weighted by Gasteiger charge is 2.49. The number of hydrogen-bond donors (Lipinski definition) is 1. The van der Waals surface area contributed by atoms with E-state index in [0.717, 1.165) is 29.5 Å². The molecule has 1 heterocycles. The second-order valence-corrected chi connectivity index (χ2v) is 9.11. The van der Waals surface area contributed by atoms with Crippen LogP contribution in [-0.4, -0.2) is 28.3 Å². The Morgan fingerprint density at radius 2 is 1.79 bits per heavy atom. The predicted octanol–water partition coefficient (Wildman–Crippen LogP) is 4.35. The van der Waals surface area contributed by atoms with Crippen molar-refractivity contribution in [2.45, 2.75) is 64.1 Å². The highest BCUT2D eigenvalue weighted by Crippen LogP contribution is 2.47. The molecule has 1 aliphatic heterocycles. The van der Waals surface area contributed by atoms with Crippen molar-refractivity contribution < 1.29 is 9.59 Å². The van der Waals surface area contributed by atoms with Gasteiger partial charge in [0.25, 0.3) is 5.91 Å². The largest absolute Gasteiger partial charge is 0.351 e. The number of nitrogens with zero attached hydrogens (tertiary/aromatic N) is 1. The Morgan fingerprint density at radius 3 is 2.43 bits per heavy atom. The van der Waals surface area contributed by atoms with E-state index in [9.17, 15) is 9.59 Å². The number of hydrogen-bond acceptors (Lipinski definition) is 2. The van der Waals surface area contributed by atoms with Gasteiger partial charge in [-0.25, -0.2) is 0 Å². The van der Waals surface area contributed by atoms with Gasteiger partial charge in [0.05, 0.1) is 12.0 Å². The van der Waals surface area contributed by atoms with Crippen molar-refractivity contribution in [3.63, 3.8) is 0 Å². The lowest BCUT2D eigenvalue weighted by atomic mass is 9.78. The molecule has 146 valence electrons. The molecular formula is C24H28N2O2. The highest BCUT2D eigenvalue weighted by atomic mass is 16.2. The summed E-state index contributed by atoms with van der Waals surface area (Å²) in [7, 11) is 0. The molecule has 1 aliphatic carbocycles. The Kier molecular flexibility index (Phi) is 4.53. The van der Waals surface area contributed by atoms with Gasteiger partial charge in [0.2, 0.25) is 5.91 Å². The highest BCUT2D eigenvalue weighted by molar-refractivity contribution is 6.01. The smallest absolute Gasteiger partial charge is 0.254 e. The maximum atomic E-state index is 13.5. The van der Waals surface area contributed by atoms with Gasteiger partial charge in [-0.15, -0.1) is 0 Å². The maximum Gasteiger partial charge on any atom is 0.254 e. The van der Waals surface area contributed by atoms with Crippen molar-refractivity contribution in [2.24, 2.45) is 0 Å². The van der Waals surface area contributed by atoms with Crippen LogP contribution < -0.4 is 5.32 Å². The van der Waals surface area contributed by atoms with Crippen molar-refractivity contribution >= 4 is 11.8 Å². The summed E-state index contributed by atoms with van der Waals surface area (Å²) in [6, 6.07) is 15.8. The molecular weight excluding hydrogens is 348 g/mol. The first kappa shape index (κ1) is 18.7. The zero-order chi connectivity index (χ0) is 20.1. The van der Waals surface area contributed by atoms with E-state index in [1.807, 2.05) is 75.1 Å². The molecule has 4 heteroatoms. The first-order valence-electron chi connectivity index (χ1n) is 10.1. The summed E-state index contributed by atoms with van der Waals surface area (Å²) in [6.07, 6.45) is 2.01. The third kappa shape index (κ3) is 3.44. The summed E-state index contributed by atoms with van der Waals surface area (Å²) in [5.74, 6) is -0.399. The molecule has 1 saturated carbocycles. The molecule has 2 unspecified atom stereocenters. The molecule has 1 fully saturated rings. The van der Waals surface area contributed by atoms with Gasteiger partial charge in [0, 0.05) is 17.1 Å². The first-order valence-corrected chi connectivity index (χ1v) is 10.1. The van der Waals surface area contributed by atoms with Crippen LogP contribution in [0.15, 0.2) is 48.5 Å². The lowest BCUT2D eigenvalue weighted by Crippen LogP contribution is -2.51. The summed E-state index contributed by atoms with van der Waals surface area (Å²) in [6.45, 7) is 8.02. The fourth-order valence-corrected chi connectivity index (χ4v) is 4.24. The average molecular weight is 377 g/mol. The number of nitrogens with one attached hydrogen (secondary N) is 1. The molecule has 2 aromatic carbocycles. The van der Waals surface area contributed by atoms with Crippen molar-refractivity contribution in [2.75, 3.05) is 0 Å². The molecule has 2 aliphatic rings. The number of amides is 2. The van der Waals surface area contributed by atoms with Gasteiger partial charge < -0.3 is 10.2 Å². The van der Waals surface area contributed by atoms with E-state index in [2.05, 4.69) is 11.4 Å². The summed E-state index contributed by atoms with van der Waals surface area (Å²) in [5.41, 5.74) is 3.32. The van der Waals surface area contributed by atoms with Crippen LogP contribution in [0.4, 0.5) is 0 Å². The Morgan fingerprint density at radius 1 is 1.07 bits per heavy atom. The lowest BCUT2D eigenvalue weighted by molar-refractivity contribution is -0.125. The van der Waals surface area contributed by atoms with Crippen LogP contribution in [0, 0.1) is 6.92 Å². The van der Waals surface area contributed by atoms with E-state index >= 15 is 0 Å². The Balaban J connectivity index is 1.89. The normalized spacial score (nSPS) is 22.0. The second kappa shape index (κ2) is 6.77. The summed E-state index contributed by atoms with van der Waals surface area (Å²) < 4.78 is 0. The minimum Gasteiger partial charge on any atom is -0.351 e. The van der Waals surface area contributed by atoms with Crippen molar-refractivity contribution in [3.8, 4) is 0 Å². The van der Waals surface area contributed by atoms with Crippen LogP contribution in [0.2, 0.25) is 0 Å². The third-order valence-corrected chi connectivity index (χ3v) is 5.48. The molecule has 0 bridgehead atoms. The number of fused-ring (bicyclic) bond motifs is 1. The molecule has 1 N–H and O–H groups in total. The van der Waals surface area contributed by atoms with Gasteiger partial charge in [-0.2, -0.15) is 0 Å². The van der Waals surface area contributed by atoms with Crippen LogP contribution in [0.3, 0.4) is 0 Å². The van der Waals surface area contributed by atoms with Crippen molar-refractivity contribution in [1.29, 1.82) is 0 Å². The van der Waals surface area contributed by atoms with Gasteiger partial charge >= 0.3 is 0 Å². The number of benzene rings is 2. The molecule has 0 saturated heterocycles. The maximum absolute atomic E-state index is 13.5. The van der Waals surface area contributed by atoms with Crippen LogP contribution in [0.1, 0.15) is 72.6 Å². The monoisotopic (exact) mass is 376 g/mol. The van der Waals surface area contributed by atoms with Crippen LogP contribution in [0.25, 0.3) is 0 Å². The fourth-order valence-electron chi connectivity index (χ4n) is 4.24. The van der Waals surface area contributed by atoms with Gasteiger partial charge in [-0.1, -0.05) is 48.0 Å². The van der Waals surface area contributed by atoms with Crippen LogP contribution in [0.5, 0.6) is 0 Å². The molecule has 4 nitrogen and oxygen atoms in total. The van der Waals surface area contributed by atoms with Gasteiger partial charge in [-0.05, 0) is 57.7 Å². The standard InChI is InChI=1S/C24H28N2O2/c1-15-8-7-9-16(14-15)21-20(22(27)25-24(2,3)4)18-10-5-6-11-19(18)23(28)26(21)17-12-13-17/h5-11,14,17,20-21H,12-13H2,1-4H3,(H,25,27). The van der Waals surface area contributed by atoms with E-state index in [0.29, 0.717) is 5.56 Å².